The van der Waals surface area contributed by atoms with Gasteiger partial charge in [-0.3, -0.25) is 10.1 Å². The molecule has 2 rings (SSSR count). The van der Waals surface area contributed by atoms with E-state index >= 15 is 0 Å². The predicted octanol–water partition coefficient (Wildman–Crippen LogP) is 1.30. The number of nitrogens with zero attached hydrogens (tertiary/aromatic N) is 4. The van der Waals surface area contributed by atoms with Crippen molar-refractivity contribution in [2.45, 2.75) is 25.3 Å². The highest BCUT2D eigenvalue weighted by Crippen LogP contribution is 2.33. The van der Waals surface area contributed by atoms with Gasteiger partial charge in [0, 0.05) is 12.7 Å². The maximum atomic E-state index is 11.3. The Morgan fingerprint density at radius 3 is 2.95 bits per heavy atom. The lowest BCUT2D eigenvalue weighted by molar-refractivity contribution is -0.384. The number of aliphatic carboxylic acids is 1. The van der Waals surface area contributed by atoms with E-state index in [-0.39, 0.29) is 11.4 Å². The minimum atomic E-state index is -1.04. The van der Waals surface area contributed by atoms with Crippen LogP contribution in [0.3, 0.4) is 0 Å². The molecule has 0 amide bonds. The Balaban J connectivity index is 2.53. The van der Waals surface area contributed by atoms with Crippen LogP contribution >= 0.6 is 0 Å². The van der Waals surface area contributed by atoms with Crippen LogP contribution in [0, 0.1) is 21.4 Å². The fraction of sp³-hybridized carbons (Fsp3) is 0.417. The number of hydrogen-bond donors (Lipinski definition) is 1. The molecule has 1 aliphatic heterocycles. The van der Waals surface area contributed by atoms with E-state index in [2.05, 4.69) is 4.98 Å². The third kappa shape index (κ3) is 2.38. The molecule has 20 heavy (non-hydrogen) atoms. The van der Waals surface area contributed by atoms with Crippen molar-refractivity contribution in [3.05, 3.63) is 27.9 Å². The van der Waals surface area contributed by atoms with Crippen molar-refractivity contribution in [1.29, 1.82) is 5.26 Å². The zero-order valence-corrected chi connectivity index (χ0v) is 10.5. The van der Waals surface area contributed by atoms with Crippen molar-refractivity contribution in [1.82, 2.24) is 4.98 Å². The van der Waals surface area contributed by atoms with E-state index in [0.29, 0.717) is 13.0 Å². The zero-order chi connectivity index (χ0) is 14.7. The van der Waals surface area contributed by atoms with Gasteiger partial charge in [-0.15, -0.1) is 0 Å². The second-order valence-electron chi connectivity index (χ2n) is 4.44. The normalized spacial score (nSPS) is 18.4. The van der Waals surface area contributed by atoms with Gasteiger partial charge >= 0.3 is 11.7 Å². The molecule has 0 radical (unpaired) electrons. The first-order chi connectivity index (χ1) is 9.56. The topological polar surface area (TPSA) is 120 Å². The number of rotatable bonds is 3. The smallest absolute Gasteiger partial charge is 0.329 e. The molecule has 1 aromatic rings. The number of carboxylic acid groups (broad SMARTS) is 1. The summed E-state index contributed by atoms with van der Waals surface area (Å²) < 4.78 is 0. The summed E-state index contributed by atoms with van der Waals surface area (Å²) in [5.41, 5.74) is -0.544. The maximum Gasteiger partial charge on any atom is 0.329 e. The number of carbonyl (C=O) groups is 1. The molecule has 2 heterocycles. The lowest BCUT2D eigenvalue weighted by atomic mass is 10.0. The molecule has 0 saturated carbocycles. The second kappa shape index (κ2) is 5.52. The van der Waals surface area contributed by atoms with Gasteiger partial charge in [0.05, 0.1) is 4.92 Å². The molecule has 1 aromatic heterocycles. The molecule has 1 saturated heterocycles. The fourth-order valence-electron chi connectivity index (χ4n) is 2.37. The monoisotopic (exact) mass is 276 g/mol. The Labute approximate surface area is 114 Å². The average Bonchev–Trinajstić information content (AvgIpc) is 2.46. The van der Waals surface area contributed by atoms with Gasteiger partial charge in [0.15, 0.2) is 0 Å². The third-order valence-corrected chi connectivity index (χ3v) is 3.27. The summed E-state index contributed by atoms with van der Waals surface area (Å²) in [5.74, 6) is -1.08. The Morgan fingerprint density at radius 1 is 1.60 bits per heavy atom. The summed E-state index contributed by atoms with van der Waals surface area (Å²) in [6.45, 7) is 0.375. The van der Waals surface area contributed by atoms with Gasteiger partial charge in [-0.25, -0.2) is 9.78 Å². The first kappa shape index (κ1) is 13.7. The minimum absolute atomic E-state index is 0.0406. The van der Waals surface area contributed by atoms with Gasteiger partial charge in [-0.1, -0.05) is 0 Å². The Hall–Kier alpha value is -2.69. The number of nitro groups is 1. The molecule has 1 unspecified atom stereocenters. The number of pyridine rings is 1. The molecule has 8 nitrogen and oxygen atoms in total. The predicted molar refractivity (Wildman–Crippen MR) is 68.2 cm³/mol. The number of nitriles is 1. The van der Waals surface area contributed by atoms with E-state index < -0.39 is 22.6 Å². The van der Waals surface area contributed by atoms with Crippen LogP contribution in [-0.2, 0) is 4.79 Å². The molecule has 1 aliphatic rings. The second-order valence-corrected chi connectivity index (χ2v) is 4.44. The molecule has 1 atom stereocenters. The summed E-state index contributed by atoms with van der Waals surface area (Å²) in [4.78, 5) is 27.1. The molecular weight excluding hydrogens is 264 g/mol. The number of carboxylic acids is 1. The average molecular weight is 276 g/mol. The summed E-state index contributed by atoms with van der Waals surface area (Å²) in [6, 6.07) is 2.15. The van der Waals surface area contributed by atoms with Gasteiger partial charge in [0.2, 0.25) is 5.82 Å². The van der Waals surface area contributed by atoms with E-state index in [0.717, 1.165) is 12.8 Å². The van der Waals surface area contributed by atoms with Crippen LogP contribution in [0.4, 0.5) is 11.5 Å². The number of hydrogen-bond acceptors (Lipinski definition) is 6. The Kier molecular flexibility index (Phi) is 3.79. The zero-order valence-electron chi connectivity index (χ0n) is 10.5. The van der Waals surface area contributed by atoms with Crippen LogP contribution in [0.5, 0.6) is 0 Å². The molecular formula is C12H12N4O4. The van der Waals surface area contributed by atoms with Crippen molar-refractivity contribution in [3.8, 4) is 6.07 Å². The third-order valence-electron chi connectivity index (χ3n) is 3.27. The maximum absolute atomic E-state index is 11.3. The molecule has 1 N–H and O–H groups in total. The molecule has 0 spiro atoms. The molecule has 1 fully saturated rings. The van der Waals surface area contributed by atoms with Gasteiger partial charge < -0.3 is 10.0 Å². The van der Waals surface area contributed by atoms with E-state index in [1.807, 2.05) is 0 Å². The van der Waals surface area contributed by atoms with E-state index in [4.69, 9.17) is 5.26 Å². The highest BCUT2D eigenvalue weighted by atomic mass is 16.6. The van der Waals surface area contributed by atoms with E-state index in [9.17, 15) is 20.0 Å². The molecule has 0 aromatic carbocycles. The van der Waals surface area contributed by atoms with Gasteiger partial charge in [-0.05, 0) is 25.3 Å². The summed E-state index contributed by atoms with van der Waals surface area (Å²) in [7, 11) is 0. The van der Waals surface area contributed by atoms with Crippen molar-refractivity contribution in [3.63, 3.8) is 0 Å². The van der Waals surface area contributed by atoms with E-state index in [1.54, 1.807) is 6.07 Å². The SMILES string of the molecule is N#Cc1ccnc(N2CCCCC2C(=O)O)c1[N+](=O)[O-]. The van der Waals surface area contributed by atoms with Gasteiger partial charge in [0.25, 0.3) is 0 Å². The van der Waals surface area contributed by atoms with Crippen LogP contribution in [0.1, 0.15) is 24.8 Å². The Bertz CT molecular complexity index is 596. The first-order valence-corrected chi connectivity index (χ1v) is 6.09. The molecule has 8 heteroatoms. The van der Waals surface area contributed by atoms with Crippen molar-refractivity contribution in [2.75, 3.05) is 11.4 Å². The number of aromatic nitrogens is 1. The highest BCUT2D eigenvalue weighted by molar-refractivity contribution is 5.80. The highest BCUT2D eigenvalue weighted by Gasteiger charge is 2.34. The molecule has 0 bridgehead atoms. The van der Waals surface area contributed by atoms with Crippen LogP contribution in [0.2, 0.25) is 0 Å². The number of piperidine rings is 1. The lowest BCUT2D eigenvalue weighted by Crippen LogP contribution is -2.45. The van der Waals surface area contributed by atoms with Gasteiger partial charge in [0.1, 0.15) is 17.7 Å². The first-order valence-electron chi connectivity index (χ1n) is 6.09. The minimum Gasteiger partial charge on any atom is -0.480 e. The fourth-order valence-corrected chi connectivity index (χ4v) is 2.37. The van der Waals surface area contributed by atoms with Crippen molar-refractivity contribution in [2.24, 2.45) is 0 Å². The standard InChI is InChI=1S/C12H12N4O4/c13-7-8-4-5-14-11(10(8)16(19)20)15-6-2-1-3-9(15)12(17)18/h4-5,9H,1-3,6H2,(H,17,18). The largest absolute Gasteiger partial charge is 0.480 e. The van der Waals surface area contributed by atoms with E-state index in [1.165, 1.54) is 17.2 Å². The number of anilines is 1. The van der Waals surface area contributed by atoms with Crippen LogP contribution in [-0.4, -0.2) is 33.6 Å². The van der Waals surface area contributed by atoms with Crippen molar-refractivity contribution < 1.29 is 14.8 Å². The summed E-state index contributed by atoms with van der Waals surface area (Å²) in [5, 5.41) is 29.3. The summed E-state index contributed by atoms with van der Waals surface area (Å²) >= 11 is 0. The molecule has 0 aliphatic carbocycles. The quantitative estimate of drug-likeness (QED) is 0.652. The van der Waals surface area contributed by atoms with Crippen molar-refractivity contribution >= 4 is 17.5 Å². The Morgan fingerprint density at radius 2 is 2.35 bits per heavy atom. The van der Waals surface area contributed by atoms with Crippen LogP contribution < -0.4 is 4.90 Å². The molecule has 104 valence electrons. The lowest BCUT2D eigenvalue weighted by Gasteiger charge is -2.33. The van der Waals surface area contributed by atoms with Crippen LogP contribution in [0.25, 0.3) is 0 Å². The summed E-state index contributed by atoms with van der Waals surface area (Å²) in [6.07, 6.45) is 3.18. The van der Waals surface area contributed by atoms with Gasteiger partial charge in [-0.2, -0.15) is 5.26 Å². The van der Waals surface area contributed by atoms with Crippen LogP contribution in [0.15, 0.2) is 12.3 Å².